The summed E-state index contributed by atoms with van der Waals surface area (Å²) >= 11 is 0. The highest BCUT2D eigenvalue weighted by atomic mass is 16.3. The van der Waals surface area contributed by atoms with Crippen molar-refractivity contribution in [2.24, 2.45) is 11.8 Å². The number of aliphatic hydroxyl groups excluding tert-OH is 1. The summed E-state index contributed by atoms with van der Waals surface area (Å²) < 4.78 is 1.27. The molecule has 1 N–H and O–H groups in total. The maximum absolute atomic E-state index is 10.5. The Hall–Kier alpha value is -0.0800. The first kappa shape index (κ1) is 12.0. The van der Waals surface area contributed by atoms with Gasteiger partial charge >= 0.3 is 0 Å². The van der Waals surface area contributed by atoms with Crippen molar-refractivity contribution in [1.82, 2.24) is 0 Å². The number of rotatable bonds is 1. The molecule has 3 rings (SSSR count). The lowest BCUT2D eigenvalue weighted by molar-refractivity contribution is -0.943. The zero-order chi connectivity index (χ0) is 11.9. The molecule has 0 aromatic heterocycles. The van der Waals surface area contributed by atoms with Gasteiger partial charge in [-0.3, -0.25) is 0 Å². The summed E-state index contributed by atoms with van der Waals surface area (Å²) in [6, 6.07) is 0.766. The fraction of sp³-hybridized carbons (Fsp3) is 1.00. The van der Waals surface area contributed by atoms with Gasteiger partial charge in [0.15, 0.2) is 0 Å². The van der Waals surface area contributed by atoms with Crippen molar-refractivity contribution in [3.05, 3.63) is 0 Å². The highest BCUT2D eigenvalue weighted by Gasteiger charge is 2.48. The van der Waals surface area contributed by atoms with E-state index in [4.69, 9.17) is 0 Å². The minimum absolute atomic E-state index is 0.0272. The number of fused-ring (bicyclic) bond motifs is 2. The van der Waals surface area contributed by atoms with Gasteiger partial charge in [-0.05, 0) is 44.4 Å². The molecule has 1 saturated heterocycles. The first-order chi connectivity index (χ1) is 8.21. The predicted octanol–water partition coefficient (Wildman–Crippen LogP) is 2.56. The van der Waals surface area contributed by atoms with Crippen LogP contribution in [0.1, 0.15) is 51.4 Å². The molecule has 0 radical (unpaired) electrons. The zero-order valence-corrected chi connectivity index (χ0v) is 11.3. The van der Waals surface area contributed by atoms with Gasteiger partial charge in [0.1, 0.15) is 0 Å². The van der Waals surface area contributed by atoms with Crippen LogP contribution < -0.4 is 0 Å². The van der Waals surface area contributed by atoms with Gasteiger partial charge in [-0.25, -0.2) is 0 Å². The van der Waals surface area contributed by atoms with E-state index in [-0.39, 0.29) is 6.10 Å². The third-order valence-electron chi connectivity index (χ3n) is 6.00. The fourth-order valence-electron chi connectivity index (χ4n) is 4.98. The topological polar surface area (TPSA) is 20.2 Å². The summed E-state index contributed by atoms with van der Waals surface area (Å²) in [4.78, 5) is 0. The summed E-state index contributed by atoms with van der Waals surface area (Å²) in [5.41, 5.74) is 0. The van der Waals surface area contributed by atoms with Crippen molar-refractivity contribution < 1.29 is 9.59 Å². The van der Waals surface area contributed by atoms with Crippen LogP contribution in [-0.2, 0) is 0 Å². The van der Waals surface area contributed by atoms with Crippen molar-refractivity contribution in [3.8, 4) is 0 Å². The van der Waals surface area contributed by atoms with Crippen LogP contribution in [0.3, 0.4) is 0 Å². The van der Waals surface area contributed by atoms with Crippen LogP contribution in [0.15, 0.2) is 0 Å². The summed E-state index contributed by atoms with van der Waals surface area (Å²) in [7, 11) is 2.46. The summed E-state index contributed by atoms with van der Waals surface area (Å²) in [6.07, 6.45) is 10.9. The van der Waals surface area contributed by atoms with Crippen LogP contribution >= 0.6 is 0 Å². The zero-order valence-electron chi connectivity index (χ0n) is 11.3. The Bertz CT molecular complexity index is 272. The molecule has 1 aliphatic heterocycles. The minimum atomic E-state index is 0.0272. The Balaban J connectivity index is 1.77. The van der Waals surface area contributed by atoms with Crippen LogP contribution in [0, 0.1) is 11.8 Å². The Morgan fingerprint density at radius 3 is 2.41 bits per heavy atom. The quantitative estimate of drug-likeness (QED) is 0.696. The summed E-state index contributed by atoms with van der Waals surface area (Å²) in [5, 5.41) is 10.5. The van der Waals surface area contributed by atoms with Gasteiger partial charge in [-0.2, -0.15) is 0 Å². The Kier molecular flexibility index (Phi) is 3.20. The molecule has 1 heterocycles. The van der Waals surface area contributed by atoms with Gasteiger partial charge in [0.25, 0.3) is 0 Å². The fourth-order valence-corrected chi connectivity index (χ4v) is 4.98. The van der Waals surface area contributed by atoms with Gasteiger partial charge in [0.05, 0.1) is 32.3 Å². The Morgan fingerprint density at radius 1 is 0.882 bits per heavy atom. The molecule has 2 aliphatic carbocycles. The van der Waals surface area contributed by atoms with Crippen LogP contribution in [0.2, 0.25) is 0 Å². The first-order valence-electron chi connectivity index (χ1n) is 7.73. The van der Waals surface area contributed by atoms with Crippen LogP contribution in [0.5, 0.6) is 0 Å². The molecule has 0 unspecified atom stereocenters. The van der Waals surface area contributed by atoms with Crippen LogP contribution in [-0.4, -0.2) is 41.9 Å². The lowest BCUT2D eigenvalue weighted by Crippen LogP contribution is -2.62. The molecule has 17 heavy (non-hydrogen) atoms. The monoisotopic (exact) mass is 238 g/mol. The molecule has 2 bridgehead atoms. The highest BCUT2D eigenvalue weighted by molar-refractivity contribution is 4.92. The molecular weight excluding hydrogens is 210 g/mol. The van der Waals surface area contributed by atoms with Gasteiger partial charge in [0.2, 0.25) is 0 Å². The Labute approximate surface area is 106 Å². The van der Waals surface area contributed by atoms with Crippen LogP contribution in [0.25, 0.3) is 0 Å². The molecule has 0 spiro atoms. The van der Waals surface area contributed by atoms with Crippen molar-refractivity contribution in [1.29, 1.82) is 0 Å². The number of hydrogen-bond acceptors (Lipinski definition) is 1. The van der Waals surface area contributed by atoms with E-state index in [0.29, 0.717) is 11.8 Å². The van der Waals surface area contributed by atoms with E-state index >= 15 is 0 Å². The molecule has 0 aromatic rings. The average molecular weight is 238 g/mol. The number of piperidine rings is 1. The lowest BCUT2D eigenvalue weighted by Gasteiger charge is -2.53. The largest absolute Gasteiger partial charge is 0.392 e. The molecule has 2 nitrogen and oxygen atoms in total. The normalized spacial score (nSPS) is 45.5. The minimum Gasteiger partial charge on any atom is -0.392 e. The van der Waals surface area contributed by atoms with Gasteiger partial charge in [-0.1, -0.05) is 6.42 Å². The molecular formula is C15H28NO+. The molecule has 2 heteroatoms. The third kappa shape index (κ3) is 2.04. The number of hydrogen-bond donors (Lipinski definition) is 1. The maximum Gasteiger partial charge on any atom is 0.0941 e. The standard InChI is InChI=1S/C15H28NO/c1-16(10-3-2-4-11-16)14-9-8-12-6-5-7-13(14)15(12)17/h12-15,17H,2-11H2,1H3/q+1/t12-,13-,14+,15-/m1/s1. The molecule has 4 atom stereocenters. The molecule has 3 fully saturated rings. The second-order valence-electron chi connectivity index (χ2n) is 6.98. The number of nitrogens with zero attached hydrogens (tertiary/aromatic N) is 1. The predicted molar refractivity (Wildman–Crippen MR) is 69.6 cm³/mol. The molecule has 0 aromatic carbocycles. The van der Waals surface area contributed by atoms with E-state index in [1.165, 1.54) is 68.9 Å². The van der Waals surface area contributed by atoms with Crippen molar-refractivity contribution >= 4 is 0 Å². The average Bonchev–Trinajstić information content (AvgIpc) is 2.29. The summed E-state index contributed by atoms with van der Waals surface area (Å²) in [6.45, 7) is 2.72. The van der Waals surface area contributed by atoms with Crippen LogP contribution in [0.4, 0.5) is 0 Å². The maximum atomic E-state index is 10.5. The van der Waals surface area contributed by atoms with Crippen molar-refractivity contribution in [2.45, 2.75) is 63.5 Å². The number of likely N-dealkylation sites (tertiary alicyclic amines) is 1. The number of aliphatic hydroxyl groups is 1. The van der Waals surface area contributed by atoms with E-state index in [1.807, 2.05) is 0 Å². The highest BCUT2D eigenvalue weighted by Crippen LogP contribution is 2.44. The summed E-state index contributed by atoms with van der Waals surface area (Å²) in [5.74, 6) is 1.26. The van der Waals surface area contributed by atoms with Gasteiger partial charge in [0, 0.05) is 12.3 Å². The van der Waals surface area contributed by atoms with Crippen molar-refractivity contribution in [3.63, 3.8) is 0 Å². The smallest absolute Gasteiger partial charge is 0.0941 e. The second-order valence-corrected chi connectivity index (χ2v) is 6.98. The lowest BCUT2D eigenvalue weighted by atomic mass is 9.66. The SMILES string of the molecule is C[N+]1([C@H]2CC[C@H]3CCC[C@H]2[C@@H]3O)CCCCC1. The van der Waals surface area contributed by atoms with E-state index < -0.39 is 0 Å². The Morgan fingerprint density at radius 2 is 1.65 bits per heavy atom. The molecule has 98 valence electrons. The third-order valence-corrected chi connectivity index (χ3v) is 6.00. The van der Waals surface area contributed by atoms with Crippen molar-refractivity contribution in [2.75, 3.05) is 20.1 Å². The molecule has 0 amide bonds. The van der Waals surface area contributed by atoms with E-state index in [1.54, 1.807) is 0 Å². The van der Waals surface area contributed by atoms with E-state index in [0.717, 1.165) is 6.04 Å². The molecule has 2 saturated carbocycles. The van der Waals surface area contributed by atoms with E-state index in [9.17, 15) is 5.11 Å². The van der Waals surface area contributed by atoms with Gasteiger partial charge < -0.3 is 9.59 Å². The van der Waals surface area contributed by atoms with Gasteiger partial charge in [-0.15, -0.1) is 0 Å². The van der Waals surface area contributed by atoms with E-state index in [2.05, 4.69) is 7.05 Å². The second kappa shape index (κ2) is 4.55. The number of quaternary nitrogens is 1. The first-order valence-corrected chi connectivity index (χ1v) is 7.73. The molecule has 3 aliphatic rings.